The lowest BCUT2D eigenvalue weighted by atomic mass is 10.5. The summed E-state index contributed by atoms with van der Waals surface area (Å²) in [6.45, 7) is 0. The third kappa shape index (κ3) is 2.46. The predicted molar refractivity (Wildman–Crippen MR) is 46.2 cm³/mol. The molecular weight excluding hydrogens is 298 g/mol. The van der Waals surface area contributed by atoms with E-state index in [0.717, 1.165) is 6.33 Å². The fourth-order valence-corrected chi connectivity index (χ4v) is 1.15. The zero-order valence-corrected chi connectivity index (χ0v) is 9.01. The number of hydrogen-bond donors (Lipinski definition) is 0. The highest BCUT2D eigenvalue weighted by Crippen LogP contribution is 2.32. The fourth-order valence-electron chi connectivity index (χ4n) is 1.15. The molecule has 0 amide bonds. The largest absolute Gasteiger partial charge is 0.453 e. The summed E-state index contributed by atoms with van der Waals surface area (Å²) < 4.78 is 74.4. The Kier molecular flexibility index (Phi) is 2.98. The highest BCUT2D eigenvalue weighted by atomic mass is 19.4. The van der Waals surface area contributed by atoms with Gasteiger partial charge in [-0.25, -0.2) is 9.78 Å². The normalized spacial score (nSPS) is 12.7. The van der Waals surface area contributed by atoms with Gasteiger partial charge in [-0.2, -0.15) is 45.8 Å². The van der Waals surface area contributed by atoms with Crippen molar-refractivity contribution < 1.29 is 31.1 Å². The van der Waals surface area contributed by atoms with Crippen LogP contribution in [0.3, 0.4) is 0 Å². The maximum Gasteiger partial charge on any atom is 0.453 e. The predicted octanol–water partition coefficient (Wildman–Crippen LogP) is 1.42. The molecule has 20 heavy (non-hydrogen) atoms. The second kappa shape index (κ2) is 4.28. The minimum absolute atomic E-state index is 0.282. The summed E-state index contributed by atoms with van der Waals surface area (Å²) in [6.07, 6.45) is -9.01. The minimum Gasteiger partial charge on any atom is -0.243 e. The first-order valence-electron chi connectivity index (χ1n) is 4.61. The first-order chi connectivity index (χ1) is 9.10. The number of carbonyl (C=O) groups is 1. The molecule has 108 valence electrons. The van der Waals surface area contributed by atoms with E-state index in [1.807, 2.05) is 0 Å². The summed E-state index contributed by atoms with van der Waals surface area (Å²) in [5, 5.41) is 5.73. The lowest BCUT2D eigenvalue weighted by molar-refractivity contribution is -0.150. The fraction of sp³-hybridized carbons (Fsp3) is 0.286. The van der Waals surface area contributed by atoms with Gasteiger partial charge < -0.3 is 0 Å². The Morgan fingerprint density at radius 2 is 1.75 bits per heavy atom. The van der Waals surface area contributed by atoms with Crippen LogP contribution in [0.25, 0.3) is 0 Å². The topological polar surface area (TPSA) is 78.5 Å². The standard InChI is InChI=1S/C7H2F6N6O/c8-6(9,10)3-16-4(7(11,12)13)19(17-3)5(20)18-2-14-1-15-18/h1-2H. The third-order valence-corrected chi connectivity index (χ3v) is 1.91. The molecule has 13 heteroatoms. The second-order valence-corrected chi connectivity index (χ2v) is 3.29. The van der Waals surface area contributed by atoms with Crippen molar-refractivity contribution in [2.24, 2.45) is 0 Å². The Bertz CT molecular complexity index is 625. The molecule has 0 saturated carbocycles. The number of aromatic nitrogens is 6. The Labute approximate surface area is 104 Å². The molecule has 2 aromatic heterocycles. The van der Waals surface area contributed by atoms with Crippen molar-refractivity contribution in [1.29, 1.82) is 0 Å². The number of halogens is 6. The average molecular weight is 300 g/mol. The smallest absolute Gasteiger partial charge is 0.243 e. The Balaban J connectivity index is 2.57. The summed E-state index contributed by atoms with van der Waals surface area (Å²) in [7, 11) is 0. The Hall–Kier alpha value is -2.47. The summed E-state index contributed by atoms with van der Waals surface area (Å²) in [5.41, 5.74) is 0. The van der Waals surface area contributed by atoms with E-state index in [1.54, 1.807) is 0 Å². The van der Waals surface area contributed by atoms with Gasteiger partial charge >= 0.3 is 18.4 Å². The van der Waals surface area contributed by atoms with E-state index in [0.29, 0.717) is 6.33 Å². The van der Waals surface area contributed by atoms with E-state index in [2.05, 4.69) is 20.2 Å². The van der Waals surface area contributed by atoms with Crippen molar-refractivity contribution in [3.63, 3.8) is 0 Å². The lowest BCUT2D eigenvalue weighted by Gasteiger charge is -2.06. The van der Waals surface area contributed by atoms with Gasteiger partial charge in [0.1, 0.15) is 12.7 Å². The quantitative estimate of drug-likeness (QED) is 0.688. The highest BCUT2D eigenvalue weighted by molar-refractivity contribution is 5.77. The lowest BCUT2D eigenvalue weighted by Crippen LogP contribution is -2.27. The summed E-state index contributed by atoms with van der Waals surface area (Å²) >= 11 is 0. The van der Waals surface area contributed by atoms with Crippen molar-refractivity contribution in [3.05, 3.63) is 24.3 Å². The molecule has 2 heterocycles. The van der Waals surface area contributed by atoms with Crippen molar-refractivity contribution in [1.82, 2.24) is 29.5 Å². The van der Waals surface area contributed by atoms with Crippen molar-refractivity contribution in [2.75, 3.05) is 0 Å². The zero-order valence-electron chi connectivity index (χ0n) is 9.01. The monoisotopic (exact) mass is 300 g/mol. The number of rotatable bonds is 0. The van der Waals surface area contributed by atoms with Crippen LogP contribution in [0.15, 0.2) is 12.7 Å². The third-order valence-electron chi connectivity index (χ3n) is 1.91. The Morgan fingerprint density at radius 3 is 2.20 bits per heavy atom. The van der Waals surface area contributed by atoms with E-state index in [4.69, 9.17) is 0 Å². The van der Waals surface area contributed by atoms with Gasteiger partial charge in [-0.15, -0.1) is 5.10 Å². The van der Waals surface area contributed by atoms with Crippen LogP contribution < -0.4 is 0 Å². The molecule has 0 fully saturated rings. The molecule has 0 aliphatic rings. The summed E-state index contributed by atoms with van der Waals surface area (Å²) in [6, 6.07) is -1.60. The molecule has 0 unspecified atom stereocenters. The molecule has 2 aromatic rings. The maximum atomic E-state index is 12.6. The van der Waals surface area contributed by atoms with Crippen LogP contribution in [-0.2, 0) is 12.4 Å². The Morgan fingerprint density at radius 1 is 1.10 bits per heavy atom. The molecule has 0 aliphatic carbocycles. The molecule has 0 bridgehead atoms. The highest BCUT2D eigenvalue weighted by Gasteiger charge is 2.45. The summed E-state index contributed by atoms with van der Waals surface area (Å²) in [4.78, 5) is 17.2. The number of nitrogens with zero attached hydrogens (tertiary/aromatic N) is 6. The number of carbonyl (C=O) groups excluding carboxylic acids is 1. The molecule has 2 rings (SSSR count). The van der Waals surface area contributed by atoms with Crippen LogP contribution in [0, 0.1) is 0 Å². The first kappa shape index (κ1) is 14.0. The minimum atomic E-state index is -5.30. The molecule has 0 aliphatic heterocycles. The first-order valence-corrected chi connectivity index (χ1v) is 4.61. The molecule has 0 N–H and O–H groups in total. The molecule has 0 atom stereocenters. The molecule has 0 spiro atoms. The molecule has 7 nitrogen and oxygen atoms in total. The van der Waals surface area contributed by atoms with Crippen LogP contribution in [0.4, 0.5) is 31.1 Å². The van der Waals surface area contributed by atoms with E-state index >= 15 is 0 Å². The van der Waals surface area contributed by atoms with Gasteiger partial charge in [0.15, 0.2) is 0 Å². The van der Waals surface area contributed by atoms with Crippen LogP contribution in [0.2, 0.25) is 0 Å². The van der Waals surface area contributed by atoms with Gasteiger partial charge in [-0.3, -0.25) is 0 Å². The van der Waals surface area contributed by atoms with Gasteiger partial charge in [0.25, 0.3) is 5.82 Å². The van der Waals surface area contributed by atoms with Gasteiger partial charge in [0.2, 0.25) is 5.82 Å². The van der Waals surface area contributed by atoms with Crippen molar-refractivity contribution in [3.8, 4) is 0 Å². The van der Waals surface area contributed by atoms with Crippen LogP contribution in [-0.4, -0.2) is 35.6 Å². The summed E-state index contributed by atoms with van der Waals surface area (Å²) in [5.74, 6) is -4.19. The van der Waals surface area contributed by atoms with E-state index in [-0.39, 0.29) is 4.68 Å². The SMILES string of the molecule is O=C(n1cncn1)n1nc(C(F)(F)F)nc1C(F)(F)F. The van der Waals surface area contributed by atoms with E-state index < -0.39 is 34.7 Å². The second-order valence-electron chi connectivity index (χ2n) is 3.29. The van der Waals surface area contributed by atoms with Crippen molar-refractivity contribution in [2.45, 2.75) is 12.4 Å². The average Bonchev–Trinajstić information content (AvgIpc) is 2.96. The number of hydrogen-bond acceptors (Lipinski definition) is 5. The van der Waals surface area contributed by atoms with Gasteiger partial charge in [-0.1, -0.05) is 0 Å². The van der Waals surface area contributed by atoms with E-state index in [9.17, 15) is 31.1 Å². The van der Waals surface area contributed by atoms with Crippen LogP contribution >= 0.6 is 0 Å². The molecular formula is C7H2F6N6O. The van der Waals surface area contributed by atoms with Gasteiger partial charge in [0.05, 0.1) is 0 Å². The maximum absolute atomic E-state index is 12.6. The van der Waals surface area contributed by atoms with Gasteiger partial charge in [0, 0.05) is 0 Å². The number of alkyl halides is 6. The zero-order chi connectivity index (χ0) is 15.1. The van der Waals surface area contributed by atoms with Crippen LogP contribution in [0.1, 0.15) is 11.6 Å². The molecule has 0 saturated heterocycles. The molecule has 0 aromatic carbocycles. The van der Waals surface area contributed by atoms with Crippen LogP contribution in [0.5, 0.6) is 0 Å². The van der Waals surface area contributed by atoms with E-state index in [1.165, 1.54) is 0 Å². The van der Waals surface area contributed by atoms with Crippen molar-refractivity contribution >= 4 is 6.03 Å². The van der Waals surface area contributed by atoms with Gasteiger partial charge in [-0.05, 0) is 0 Å². The molecule has 0 radical (unpaired) electrons.